The van der Waals surface area contributed by atoms with Crippen molar-refractivity contribution in [3.8, 4) is 0 Å². The SMILES string of the molecule is O=C(OCOCC1CO1)c1ccccc1. The van der Waals surface area contributed by atoms with Gasteiger partial charge in [-0.2, -0.15) is 0 Å². The number of epoxide rings is 1. The zero-order valence-corrected chi connectivity index (χ0v) is 8.22. The standard InChI is InChI=1S/C11H12O4/c12-11(9-4-2-1-3-5-9)15-8-13-6-10-7-14-10/h1-5,10H,6-8H2. The highest BCUT2D eigenvalue weighted by molar-refractivity contribution is 5.89. The fourth-order valence-corrected chi connectivity index (χ4v) is 1.10. The first kappa shape index (κ1) is 10.1. The van der Waals surface area contributed by atoms with Crippen LogP contribution in [0.25, 0.3) is 0 Å². The van der Waals surface area contributed by atoms with E-state index in [2.05, 4.69) is 0 Å². The van der Waals surface area contributed by atoms with Crippen LogP contribution >= 0.6 is 0 Å². The van der Waals surface area contributed by atoms with Crippen LogP contribution in [0.2, 0.25) is 0 Å². The predicted molar refractivity (Wildman–Crippen MR) is 52.4 cm³/mol. The second kappa shape index (κ2) is 4.91. The van der Waals surface area contributed by atoms with Gasteiger partial charge in [0.15, 0.2) is 6.79 Å². The van der Waals surface area contributed by atoms with E-state index in [1.807, 2.05) is 6.07 Å². The third kappa shape index (κ3) is 3.34. The lowest BCUT2D eigenvalue weighted by Gasteiger charge is -2.04. The Kier molecular flexibility index (Phi) is 3.32. The molecular weight excluding hydrogens is 196 g/mol. The van der Waals surface area contributed by atoms with Crippen molar-refractivity contribution in [1.29, 1.82) is 0 Å². The summed E-state index contributed by atoms with van der Waals surface area (Å²) in [7, 11) is 0. The Labute approximate surface area is 87.8 Å². The summed E-state index contributed by atoms with van der Waals surface area (Å²) >= 11 is 0. The van der Waals surface area contributed by atoms with Crippen molar-refractivity contribution in [2.45, 2.75) is 6.10 Å². The molecule has 1 saturated heterocycles. The van der Waals surface area contributed by atoms with Crippen molar-refractivity contribution >= 4 is 5.97 Å². The van der Waals surface area contributed by atoms with Crippen molar-refractivity contribution < 1.29 is 19.0 Å². The third-order valence-electron chi connectivity index (χ3n) is 1.99. The molecule has 1 aliphatic rings. The van der Waals surface area contributed by atoms with Gasteiger partial charge in [-0.25, -0.2) is 4.79 Å². The van der Waals surface area contributed by atoms with Crippen LogP contribution in [0.4, 0.5) is 0 Å². The van der Waals surface area contributed by atoms with Crippen LogP contribution in [0.3, 0.4) is 0 Å². The van der Waals surface area contributed by atoms with E-state index in [9.17, 15) is 4.79 Å². The molecule has 1 fully saturated rings. The minimum atomic E-state index is -0.368. The zero-order valence-electron chi connectivity index (χ0n) is 8.22. The number of hydrogen-bond acceptors (Lipinski definition) is 4. The van der Waals surface area contributed by atoms with Gasteiger partial charge < -0.3 is 14.2 Å². The lowest BCUT2D eigenvalue weighted by molar-refractivity contribution is -0.0351. The molecule has 1 aromatic rings. The van der Waals surface area contributed by atoms with E-state index >= 15 is 0 Å². The van der Waals surface area contributed by atoms with E-state index in [4.69, 9.17) is 14.2 Å². The molecule has 1 aromatic carbocycles. The number of carbonyl (C=O) groups excluding carboxylic acids is 1. The molecule has 0 aromatic heterocycles. The summed E-state index contributed by atoms with van der Waals surface area (Å²) in [6.07, 6.45) is 0.195. The summed E-state index contributed by atoms with van der Waals surface area (Å²) in [5, 5.41) is 0. The molecule has 0 radical (unpaired) electrons. The van der Waals surface area contributed by atoms with Crippen LogP contribution in [-0.4, -0.2) is 32.1 Å². The highest BCUT2D eigenvalue weighted by Gasteiger charge is 2.22. The van der Waals surface area contributed by atoms with Crippen molar-refractivity contribution in [1.82, 2.24) is 0 Å². The molecule has 0 amide bonds. The summed E-state index contributed by atoms with van der Waals surface area (Å²) in [5.74, 6) is -0.368. The van der Waals surface area contributed by atoms with Gasteiger partial charge in [-0.1, -0.05) is 18.2 Å². The van der Waals surface area contributed by atoms with E-state index < -0.39 is 0 Å². The van der Waals surface area contributed by atoms with Crippen molar-refractivity contribution in [2.24, 2.45) is 0 Å². The Morgan fingerprint density at radius 1 is 1.40 bits per heavy atom. The maximum absolute atomic E-state index is 11.4. The number of hydrogen-bond donors (Lipinski definition) is 0. The van der Waals surface area contributed by atoms with Crippen LogP contribution in [0.1, 0.15) is 10.4 Å². The van der Waals surface area contributed by atoms with Crippen molar-refractivity contribution in [2.75, 3.05) is 20.0 Å². The van der Waals surface area contributed by atoms with E-state index in [0.29, 0.717) is 12.2 Å². The summed E-state index contributed by atoms with van der Waals surface area (Å²) in [6, 6.07) is 8.82. The Morgan fingerprint density at radius 3 is 2.80 bits per heavy atom. The lowest BCUT2D eigenvalue weighted by atomic mass is 10.2. The number of rotatable bonds is 5. The van der Waals surface area contributed by atoms with Gasteiger partial charge in [0.2, 0.25) is 0 Å². The van der Waals surface area contributed by atoms with Crippen molar-refractivity contribution in [3.05, 3.63) is 35.9 Å². The molecule has 1 atom stereocenters. The van der Waals surface area contributed by atoms with Crippen LogP contribution < -0.4 is 0 Å². The molecular formula is C11H12O4. The molecule has 4 heteroatoms. The molecule has 1 unspecified atom stereocenters. The monoisotopic (exact) mass is 208 g/mol. The highest BCUT2D eigenvalue weighted by atomic mass is 16.7. The topological polar surface area (TPSA) is 48.1 Å². The zero-order chi connectivity index (χ0) is 10.5. The van der Waals surface area contributed by atoms with E-state index in [0.717, 1.165) is 6.61 Å². The second-order valence-electron chi connectivity index (χ2n) is 3.24. The summed E-state index contributed by atoms with van der Waals surface area (Å²) in [6.45, 7) is 1.21. The molecule has 80 valence electrons. The first-order valence-corrected chi connectivity index (χ1v) is 4.78. The molecule has 0 N–H and O–H groups in total. The fourth-order valence-electron chi connectivity index (χ4n) is 1.10. The maximum Gasteiger partial charge on any atom is 0.340 e. The molecule has 2 rings (SSSR count). The van der Waals surface area contributed by atoms with Gasteiger partial charge in [0.1, 0.15) is 6.10 Å². The quantitative estimate of drug-likeness (QED) is 0.316. The van der Waals surface area contributed by atoms with Crippen molar-refractivity contribution in [3.63, 3.8) is 0 Å². The van der Waals surface area contributed by atoms with Gasteiger partial charge in [-0.05, 0) is 12.1 Å². The molecule has 4 nitrogen and oxygen atoms in total. The van der Waals surface area contributed by atoms with E-state index in [1.54, 1.807) is 24.3 Å². The molecule has 1 aliphatic heterocycles. The number of ether oxygens (including phenoxy) is 3. The van der Waals surface area contributed by atoms with E-state index in [-0.39, 0.29) is 18.9 Å². The summed E-state index contributed by atoms with van der Waals surface area (Å²) < 4.78 is 14.9. The first-order valence-electron chi connectivity index (χ1n) is 4.78. The van der Waals surface area contributed by atoms with E-state index in [1.165, 1.54) is 0 Å². The number of esters is 1. The van der Waals surface area contributed by atoms with Crippen LogP contribution in [-0.2, 0) is 14.2 Å². The summed E-state index contributed by atoms with van der Waals surface area (Å²) in [5.41, 5.74) is 0.531. The Bertz CT molecular complexity index is 319. The Hall–Kier alpha value is -1.39. The molecule has 0 saturated carbocycles. The van der Waals surface area contributed by atoms with Crippen LogP contribution in [0.15, 0.2) is 30.3 Å². The Balaban J connectivity index is 1.67. The first-order chi connectivity index (χ1) is 7.36. The van der Waals surface area contributed by atoms with Gasteiger partial charge >= 0.3 is 5.97 Å². The third-order valence-corrected chi connectivity index (χ3v) is 1.99. The molecule has 0 aliphatic carbocycles. The Morgan fingerprint density at radius 2 is 2.13 bits per heavy atom. The van der Waals surface area contributed by atoms with Gasteiger partial charge in [0.25, 0.3) is 0 Å². The van der Waals surface area contributed by atoms with Crippen LogP contribution in [0, 0.1) is 0 Å². The lowest BCUT2D eigenvalue weighted by Crippen LogP contribution is -2.11. The minimum absolute atomic E-state index is 0.0203. The largest absolute Gasteiger partial charge is 0.435 e. The molecule has 0 bridgehead atoms. The van der Waals surface area contributed by atoms with Gasteiger partial charge in [0.05, 0.1) is 18.8 Å². The number of carbonyl (C=O) groups is 1. The normalized spacial score (nSPS) is 18.5. The number of benzene rings is 1. The second-order valence-corrected chi connectivity index (χ2v) is 3.24. The average molecular weight is 208 g/mol. The maximum atomic E-state index is 11.4. The van der Waals surface area contributed by atoms with Gasteiger partial charge in [-0.3, -0.25) is 0 Å². The average Bonchev–Trinajstić information content (AvgIpc) is 3.09. The molecule has 0 spiro atoms. The van der Waals surface area contributed by atoms with Gasteiger partial charge in [0, 0.05) is 0 Å². The fraction of sp³-hybridized carbons (Fsp3) is 0.364. The predicted octanol–water partition coefficient (Wildman–Crippen LogP) is 1.22. The highest BCUT2D eigenvalue weighted by Crippen LogP contribution is 2.08. The van der Waals surface area contributed by atoms with Crippen LogP contribution in [0.5, 0.6) is 0 Å². The van der Waals surface area contributed by atoms with Gasteiger partial charge in [-0.15, -0.1) is 0 Å². The molecule has 15 heavy (non-hydrogen) atoms. The summed E-state index contributed by atoms with van der Waals surface area (Å²) in [4.78, 5) is 11.4. The molecule has 1 heterocycles. The smallest absolute Gasteiger partial charge is 0.340 e. The minimum Gasteiger partial charge on any atom is -0.435 e.